The number of carbonyl (C=O) groups is 1. The molecule has 0 saturated carbocycles. The van der Waals surface area contributed by atoms with Gasteiger partial charge in [-0.05, 0) is 40.7 Å². The highest BCUT2D eigenvalue weighted by Gasteiger charge is 2.22. The van der Waals surface area contributed by atoms with Crippen molar-refractivity contribution in [3.8, 4) is 17.5 Å². The van der Waals surface area contributed by atoms with Gasteiger partial charge in [-0.1, -0.05) is 0 Å². The van der Waals surface area contributed by atoms with Crippen LogP contribution in [0.4, 0.5) is 5.69 Å². The smallest absolute Gasteiger partial charge is 0.342 e. The Morgan fingerprint density at radius 2 is 1.96 bits per heavy atom. The summed E-state index contributed by atoms with van der Waals surface area (Å²) >= 11 is 0. The lowest BCUT2D eigenvalue weighted by Gasteiger charge is -2.21. The second-order valence-corrected chi connectivity index (χ2v) is 7.69. The lowest BCUT2D eigenvalue weighted by atomic mass is 10.1. The SMILES string of the molecule is CC(C)Nc1cc(-c2cnc3cc(C#N)cnn23)ncc1C(=O)OC(C)(C)C. The van der Waals surface area contributed by atoms with Gasteiger partial charge in [0.25, 0.3) is 0 Å². The number of hydrogen-bond donors (Lipinski definition) is 1. The number of nitrogens with zero attached hydrogens (tertiary/aromatic N) is 5. The third kappa shape index (κ3) is 4.09. The molecule has 0 aromatic carbocycles. The summed E-state index contributed by atoms with van der Waals surface area (Å²) in [6, 6.07) is 5.58. The number of imidazole rings is 1. The zero-order valence-corrected chi connectivity index (χ0v) is 16.5. The number of ether oxygens (including phenoxy) is 1. The Morgan fingerprint density at radius 1 is 1.21 bits per heavy atom. The van der Waals surface area contributed by atoms with Crippen molar-refractivity contribution in [3.63, 3.8) is 0 Å². The normalized spacial score (nSPS) is 11.5. The second kappa shape index (κ2) is 7.27. The quantitative estimate of drug-likeness (QED) is 0.693. The lowest BCUT2D eigenvalue weighted by molar-refractivity contribution is 0.00702. The van der Waals surface area contributed by atoms with Gasteiger partial charge in [0, 0.05) is 18.3 Å². The molecule has 8 nitrogen and oxygen atoms in total. The fraction of sp³-hybridized carbons (Fsp3) is 0.350. The van der Waals surface area contributed by atoms with Crippen molar-refractivity contribution in [2.24, 2.45) is 0 Å². The molecule has 0 amide bonds. The number of anilines is 1. The van der Waals surface area contributed by atoms with E-state index in [9.17, 15) is 4.79 Å². The molecule has 8 heteroatoms. The summed E-state index contributed by atoms with van der Waals surface area (Å²) in [6.45, 7) is 9.43. The van der Waals surface area contributed by atoms with Gasteiger partial charge >= 0.3 is 5.97 Å². The van der Waals surface area contributed by atoms with E-state index in [0.717, 1.165) is 0 Å². The Labute approximate surface area is 163 Å². The van der Waals surface area contributed by atoms with Crippen molar-refractivity contribution in [1.82, 2.24) is 19.6 Å². The molecule has 0 fully saturated rings. The van der Waals surface area contributed by atoms with Crippen molar-refractivity contribution < 1.29 is 9.53 Å². The molecule has 3 heterocycles. The summed E-state index contributed by atoms with van der Waals surface area (Å²) in [5, 5.41) is 16.6. The minimum absolute atomic E-state index is 0.106. The molecule has 0 saturated heterocycles. The molecule has 1 N–H and O–H groups in total. The van der Waals surface area contributed by atoms with Gasteiger partial charge in [-0.3, -0.25) is 4.98 Å². The number of nitrogens with one attached hydrogen (secondary N) is 1. The van der Waals surface area contributed by atoms with Crippen LogP contribution < -0.4 is 5.32 Å². The van der Waals surface area contributed by atoms with Crippen molar-refractivity contribution in [1.29, 1.82) is 5.26 Å². The van der Waals surface area contributed by atoms with Crippen LogP contribution in [-0.2, 0) is 4.74 Å². The van der Waals surface area contributed by atoms with E-state index in [1.165, 1.54) is 12.4 Å². The molecule has 0 spiro atoms. The monoisotopic (exact) mass is 378 g/mol. The number of carbonyl (C=O) groups excluding carboxylic acids is 1. The molecule has 0 radical (unpaired) electrons. The van der Waals surface area contributed by atoms with E-state index in [1.54, 1.807) is 22.8 Å². The molecule has 3 rings (SSSR count). The number of nitriles is 1. The van der Waals surface area contributed by atoms with Crippen molar-refractivity contribution in [3.05, 3.63) is 41.9 Å². The third-order valence-corrected chi connectivity index (χ3v) is 3.72. The van der Waals surface area contributed by atoms with Crippen LogP contribution in [0.3, 0.4) is 0 Å². The molecule has 3 aromatic rings. The summed E-state index contributed by atoms with van der Waals surface area (Å²) in [6.07, 6.45) is 4.61. The highest BCUT2D eigenvalue weighted by molar-refractivity contribution is 5.96. The van der Waals surface area contributed by atoms with Gasteiger partial charge < -0.3 is 10.1 Å². The molecule has 144 valence electrons. The average Bonchev–Trinajstić information content (AvgIpc) is 3.02. The number of aromatic nitrogens is 4. The number of rotatable bonds is 4. The van der Waals surface area contributed by atoms with E-state index in [0.29, 0.717) is 33.8 Å². The van der Waals surface area contributed by atoms with E-state index in [2.05, 4.69) is 20.4 Å². The molecule has 3 aromatic heterocycles. The molecule has 0 aliphatic rings. The molecule has 0 unspecified atom stereocenters. The summed E-state index contributed by atoms with van der Waals surface area (Å²) in [4.78, 5) is 21.3. The Balaban J connectivity index is 2.06. The minimum atomic E-state index is -0.602. The maximum atomic E-state index is 12.6. The number of hydrogen-bond acceptors (Lipinski definition) is 7. The molecule has 0 aliphatic heterocycles. The first kappa shape index (κ1) is 19.3. The number of esters is 1. The minimum Gasteiger partial charge on any atom is -0.456 e. The molecule has 28 heavy (non-hydrogen) atoms. The maximum absolute atomic E-state index is 12.6. The number of fused-ring (bicyclic) bond motifs is 1. The molecule has 0 atom stereocenters. The maximum Gasteiger partial charge on any atom is 0.342 e. The Kier molecular flexibility index (Phi) is 5.01. The zero-order chi connectivity index (χ0) is 20.5. The van der Waals surface area contributed by atoms with Gasteiger partial charge in [0.15, 0.2) is 5.65 Å². The topological polar surface area (TPSA) is 105 Å². The van der Waals surface area contributed by atoms with Crippen molar-refractivity contribution in [2.75, 3.05) is 5.32 Å². The highest BCUT2D eigenvalue weighted by atomic mass is 16.6. The van der Waals surface area contributed by atoms with Crippen LogP contribution >= 0.6 is 0 Å². The van der Waals surface area contributed by atoms with E-state index in [-0.39, 0.29) is 6.04 Å². The van der Waals surface area contributed by atoms with Gasteiger partial charge in [-0.2, -0.15) is 10.4 Å². The van der Waals surface area contributed by atoms with Gasteiger partial charge in [0.1, 0.15) is 22.9 Å². The summed E-state index contributed by atoms with van der Waals surface area (Å²) in [5.41, 5.74) is 2.61. The molecular weight excluding hydrogens is 356 g/mol. The second-order valence-electron chi connectivity index (χ2n) is 7.69. The standard InChI is InChI=1S/C20H22N6O2/c1-12(2)25-15-7-16(22-10-14(15)19(27)28-20(3,4)5)17-11-23-18-6-13(8-21)9-24-26(17)18/h6-7,9-12H,1-5H3,(H,22,25). The largest absolute Gasteiger partial charge is 0.456 e. The summed E-state index contributed by atoms with van der Waals surface area (Å²) in [5.74, 6) is -0.440. The van der Waals surface area contributed by atoms with Crippen molar-refractivity contribution in [2.45, 2.75) is 46.3 Å². The van der Waals surface area contributed by atoms with E-state index in [1.807, 2.05) is 40.7 Å². The Hall–Kier alpha value is -3.47. The van der Waals surface area contributed by atoms with Crippen LogP contribution in [0, 0.1) is 11.3 Å². The van der Waals surface area contributed by atoms with Crippen LogP contribution in [0.15, 0.2) is 30.7 Å². The summed E-state index contributed by atoms with van der Waals surface area (Å²) < 4.78 is 7.10. The van der Waals surface area contributed by atoms with E-state index >= 15 is 0 Å². The Bertz CT molecular complexity index is 1070. The average molecular weight is 378 g/mol. The highest BCUT2D eigenvalue weighted by Crippen LogP contribution is 2.26. The van der Waals surface area contributed by atoms with Crippen LogP contribution in [0.1, 0.15) is 50.5 Å². The van der Waals surface area contributed by atoms with Crippen LogP contribution in [0.5, 0.6) is 0 Å². The van der Waals surface area contributed by atoms with Gasteiger partial charge in [0.05, 0.1) is 29.3 Å². The van der Waals surface area contributed by atoms with Gasteiger partial charge in [-0.25, -0.2) is 14.3 Å². The summed E-state index contributed by atoms with van der Waals surface area (Å²) in [7, 11) is 0. The number of pyridine rings is 1. The van der Waals surface area contributed by atoms with Crippen LogP contribution in [0.25, 0.3) is 17.0 Å². The fourth-order valence-electron chi connectivity index (χ4n) is 2.63. The van der Waals surface area contributed by atoms with Crippen LogP contribution in [-0.4, -0.2) is 37.2 Å². The lowest BCUT2D eigenvalue weighted by Crippen LogP contribution is -2.25. The predicted molar refractivity (Wildman–Crippen MR) is 105 cm³/mol. The van der Waals surface area contributed by atoms with E-state index < -0.39 is 11.6 Å². The molecule has 0 bridgehead atoms. The third-order valence-electron chi connectivity index (χ3n) is 3.72. The van der Waals surface area contributed by atoms with Gasteiger partial charge in [0.2, 0.25) is 0 Å². The predicted octanol–water partition coefficient (Wildman–Crippen LogP) is 3.44. The fourth-order valence-corrected chi connectivity index (χ4v) is 2.63. The van der Waals surface area contributed by atoms with E-state index in [4.69, 9.17) is 10.00 Å². The van der Waals surface area contributed by atoms with Gasteiger partial charge in [-0.15, -0.1) is 0 Å². The van der Waals surface area contributed by atoms with Crippen molar-refractivity contribution >= 4 is 17.3 Å². The molecular formula is C20H22N6O2. The molecule has 0 aliphatic carbocycles. The first-order chi connectivity index (χ1) is 13.2. The Morgan fingerprint density at radius 3 is 2.61 bits per heavy atom. The zero-order valence-electron chi connectivity index (χ0n) is 16.5. The van der Waals surface area contributed by atoms with Crippen LogP contribution in [0.2, 0.25) is 0 Å². The first-order valence-electron chi connectivity index (χ1n) is 8.92. The first-order valence-corrected chi connectivity index (χ1v) is 8.92.